The fraction of sp³-hybridized carbons (Fsp3) is 0.400. The molecule has 0 saturated heterocycles. The van der Waals surface area contributed by atoms with Crippen molar-refractivity contribution in [2.75, 3.05) is 0 Å². The Balaban J connectivity index is 0. The zero-order valence-corrected chi connectivity index (χ0v) is 11.6. The monoisotopic (exact) mass is 236 g/mol. The second kappa shape index (κ2) is 12.5. The second-order valence-electron chi connectivity index (χ2n) is 2.68. The van der Waals surface area contributed by atoms with Gasteiger partial charge in [0.1, 0.15) is 6.10 Å². The molecule has 0 heterocycles. The molecule has 0 bridgehead atoms. The minimum Gasteiger partial charge on any atom is -0.453 e. The lowest BCUT2D eigenvalue weighted by Crippen LogP contribution is -2.05. The standard InChI is InChI=1S/C11H12O2.2C2H6/c1-3-11(13-9(2)12)10-7-5-4-6-8-10;2*1-2/h3-8,11H,1H2,2H3;2*1-2H3. The number of benzene rings is 1. The van der Waals surface area contributed by atoms with Gasteiger partial charge in [0, 0.05) is 6.92 Å². The number of hydrogen-bond acceptors (Lipinski definition) is 2. The van der Waals surface area contributed by atoms with Gasteiger partial charge in [-0.3, -0.25) is 4.79 Å². The maximum atomic E-state index is 10.7. The molecule has 1 atom stereocenters. The first-order valence-electron chi connectivity index (χ1n) is 6.08. The van der Waals surface area contributed by atoms with Gasteiger partial charge in [-0.2, -0.15) is 0 Å². The third-order valence-electron chi connectivity index (χ3n) is 1.64. The molecule has 0 saturated carbocycles. The number of hydrogen-bond donors (Lipinski definition) is 0. The van der Waals surface area contributed by atoms with Crippen molar-refractivity contribution in [3.05, 3.63) is 48.6 Å². The van der Waals surface area contributed by atoms with Crippen LogP contribution in [-0.2, 0) is 9.53 Å². The molecule has 2 nitrogen and oxygen atoms in total. The average molecular weight is 236 g/mol. The highest BCUT2D eigenvalue weighted by molar-refractivity contribution is 5.66. The zero-order chi connectivity index (χ0) is 13.7. The summed E-state index contributed by atoms with van der Waals surface area (Å²) in [7, 11) is 0. The molecule has 0 radical (unpaired) electrons. The van der Waals surface area contributed by atoms with Gasteiger partial charge in [0.25, 0.3) is 0 Å². The summed E-state index contributed by atoms with van der Waals surface area (Å²) in [5.74, 6) is -0.297. The first-order chi connectivity index (χ1) is 8.24. The SMILES string of the molecule is C=CC(OC(C)=O)c1ccccc1.CC.CC. The van der Waals surface area contributed by atoms with Gasteiger partial charge >= 0.3 is 5.97 Å². The minimum atomic E-state index is -0.335. The van der Waals surface area contributed by atoms with Crippen molar-refractivity contribution in [2.24, 2.45) is 0 Å². The Bertz CT molecular complexity index is 291. The first-order valence-corrected chi connectivity index (χ1v) is 6.08. The highest BCUT2D eigenvalue weighted by atomic mass is 16.5. The smallest absolute Gasteiger partial charge is 0.303 e. The summed E-state index contributed by atoms with van der Waals surface area (Å²) in [6, 6.07) is 9.51. The molecule has 1 aromatic carbocycles. The Labute approximate surface area is 105 Å². The van der Waals surface area contributed by atoms with E-state index in [0.29, 0.717) is 0 Å². The largest absolute Gasteiger partial charge is 0.453 e. The summed E-state index contributed by atoms with van der Waals surface area (Å²) in [6.45, 7) is 13.0. The van der Waals surface area contributed by atoms with Gasteiger partial charge < -0.3 is 4.74 Å². The van der Waals surface area contributed by atoms with Crippen molar-refractivity contribution in [2.45, 2.75) is 40.7 Å². The van der Waals surface area contributed by atoms with Crippen LogP contribution in [0.5, 0.6) is 0 Å². The van der Waals surface area contributed by atoms with E-state index < -0.39 is 0 Å². The molecule has 1 rings (SSSR count). The zero-order valence-electron chi connectivity index (χ0n) is 11.6. The summed E-state index contributed by atoms with van der Waals surface area (Å²) in [5.41, 5.74) is 0.938. The third kappa shape index (κ3) is 8.26. The third-order valence-corrected chi connectivity index (χ3v) is 1.64. The van der Waals surface area contributed by atoms with Crippen LogP contribution in [-0.4, -0.2) is 5.97 Å². The van der Waals surface area contributed by atoms with Gasteiger partial charge in [-0.25, -0.2) is 0 Å². The molecule has 0 aliphatic heterocycles. The molecule has 0 aliphatic carbocycles. The molecule has 96 valence electrons. The van der Waals surface area contributed by atoms with Gasteiger partial charge in [-0.15, -0.1) is 0 Å². The fourth-order valence-corrected chi connectivity index (χ4v) is 1.07. The Kier molecular flexibility index (Phi) is 13.1. The summed E-state index contributed by atoms with van der Waals surface area (Å²) in [6.07, 6.45) is 1.27. The van der Waals surface area contributed by atoms with Crippen LogP contribution >= 0.6 is 0 Å². The highest BCUT2D eigenvalue weighted by Crippen LogP contribution is 2.17. The number of esters is 1. The molecule has 0 amide bonds. The van der Waals surface area contributed by atoms with Crippen LogP contribution in [0.3, 0.4) is 0 Å². The molecule has 0 fully saturated rings. The van der Waals surface area contributed by atoms with Crippen molar-refractivity contribution in [1.82, 2.24) is 0 Å². The Morgan fingerprint density at radius 2 is 1.65 bits per heavy atom. The lowest BCUT2D eigenvalue weighted by molar-refractivity contribution is -0.144. The van der Waals surface area contributed by atoms with E-state index in [1.165, 1.54) is 6.92 Å². The maximum absolute atomic E-state index is 10.7. The van der Waals surface area contributed by atoms with E-state index in [1.54, 1.807) is 6.08 Å². The van der Waals surface area contributed by atoms with Gasteiger partial charge in [0.2, 0.25) is 0 Å². The molecule has 0 N–H and O–H groups in total. The molecule has 0 aliphatic rings. The summed E-state index contributed by atoms with van der Waals surface area (Å²) >= 11 is 0. The van der Waals surface area contributed by atoms with E-state index in [2.05, 4.69) is 6.58 Å². The summed E-state index contributed by atoms with van der Waals surface area (Å²) in [5, 5.41) is 0. The topological polar surface area (TPSA) is 26.3 Å². The summed E-state index contributed by atoms with van der Waals surface area (Å²) < 4.78 is 5.03. The van der Waals surface area contributed by atoms with Gasteiger partial charge in [-0.1, -0.05) is 64.6 Å². The first kappa shape index (κ1) is 17.8. The molecule has 17 heavy (non-hydrogen) atoms. The molecule has 1 unspecified atom stereocenters. The van der Waals surface area contributed by atoms with Crippen molar-refractivity contribution in [3.8, 4) is 0 Å². The van der Waals surface area contributed by atoms with Crippen molar-refractivity contribution < 1.29 is 9.53 Å². The second-order valence-corrected chi connectivity index (χ2v) is 2.68. The predicted molar refractivity (Wildman–Crippen MR) is 73.8 cm³/mol. The van der Waals surface area contributed by atoms with Crippen molar-refractivity contribution in [1.29, 1.82) is 0 Å². The summed E-state index contributed by atoms with van der Waals surface area (Å²) in [4.78, 5) is 10.7. The quantitative estimate of drug-likeness (QED) is 0.569. The molecular weight excluding hydrogens is 212 g/mol. The lowest BCUT2D eigenvalue weighted by atomic mass is 10.1. The van der Waals surface area contributed by atoms with Crippen molar-refractivity contribution in [3.63, 3.8) is 0 Å². The molecular formula is C15H24O2. The van der Waals surface area contributed by atoms with E-state index in [0.717, 1.165) is 5.56 Å². The van der Waals surface area contributed by atoms with Gasteiger partial charge in [0.15, 0.2) is 0 Å². The Morgan fingerprint density at radius 1 is 1.18 bits per heavy atom. The number of carbonyl (C=O) groups excluding carboxylic acids is 1. The van der Waals surface area contributed by atoms with E-state index in [1.807, 2.05) is 58.0 Å². The molecule has 0 spiro atoms. The number of ether oxygens (including phenoxy) is 1. The average Bonchev–Trinajstić information content (AvgIpc) is 2.41. The van der Waals surface area contributed by atoms with E-state index in [9.17, 15) is 4.79 Å². The van der Waals surface area contributed by atoms with E-state index in [4.69, 9.17) is 4.74 Å². The Hall–Kier alpha value is -1.57. The maximum Gasteiger partial charge on any atom is 0.303 e. The lowest BCUT2D eigenvalue weighted by Gasteiger charge is -2.12. The molecule has 2 heteroatoms. The van der Waals surface area contributed by atoms with Crippen LogP contribution in [0.4, 0.5) is 0 Å². The van der Waals surface area contributed by atoms with Crippen molar-refractivity contribution >= 4 is 5.97 Å². The Morgan fingerprint density at radius 3 is 2.00 bits per heavy atom. The van der Waals surface area contributed by atoms with E-state index in [-0.39, 0.29) is 12.1 Å². The van der Waals surface area contributed by atoms with Gasteiger partial charge in [0.05, 0.1) is 0 Å². The normalized spacial score (nSPS) is 9.71. The van der Waals surface area contributed by atoms with Crippen LogP contribution in [0.25, 0.3) is 0 Å². The van der Waals surface area contributed by atoms with E-state index >= 15 is 0 Å². The number of carbonyl (C=O) groups is 1. The molecule has 1 aromatic rings. The van der Waals surface area contributed by atoms with Crippen LogP contribution in [0.2, 0.25) is 0 Å². The fourth-order valence-electron chi connectivity index (χ4n) is 1.07. The van der Waals surface area contributed by atoms with Gasteiger partial charge in [-0.05, 0) is 11.6 Å². The van der Waals surface area contributed by atoms with Crippen LogP contribution in [0.15, 0.2) is 43.0 Å². The number of rotatable bonds is 3. The minimum absolute atomic E-state index is 0.297. The predicted octanol–water partition coefficient (Wildman–Crippen LogP) is 4.53. The molecule has 0 aromatic heterocycles. The van der Waals surface area contributed by atoms with Crippen LogP contribution < -0.4 is 0 Å². The van der Waals surface area contributed by atoms with Crippen LogP contribution in [0, 0.1) is 0 Å². The highest BCUT2D eigenvalue weighted by Gasteiger charge is 2.08. The van der Waals surface area contributed by atoms with Crippen LogP contribution in [0.1, 0.15) is 46.3 Å².